The molecule has 164 valence electrons. The Morgan fingerprint density at radius 3 is 2.42 bits per heavy atom. The van der Waals surface area contributed by atoms with Crippen LogP contribution in [0.1, 0.15) is 39.8 Å². The van der Waals surface area contributed by atoms with Gasteiger partial charge in [-0.25, -0.2) is 0 Å². The lowest BCUT2D eigenvalue weighted by Crippen LogP contribution is -2.55. The van der Waals surface area contributed by atoms with Gasteiger partial charge in [0.25, 0.3) is 11.8 Å². The molecule has 0 spiro atoms. The molecule has 2 heterocycles. The van der Waals surface area contributed by atoms with Gasteiger partial charge >= 0.3 is 0 Å². The van der Waals surface area contributed by atoms with E-state index < -0.39 is 0 Å². The van der Waals surface area contributed by atoms with E-state index in [9.17, 15) is 14.4 Å². The molecule has 2 aromatic rings. The van der Waals surface area contributed by atoms with E-state index in [0.29, 0.717) is 48.3 Å². The van der Waals surface area contributed by atoms with E-state index in [-0.39, 0.29) is 23.8 Å². The van der Waals surface area contributed by atoms with E-state index in [4.69, 9.17) is 0 Å². The maximum atomic E-state index is 13.3. The number of amides is 3. The van der Waals surface area contributed by atoms with Gasteiger partial charge in [-0.3, -0.25) is 19.3 Å². The van der Waals surface area contributed by atoms with Gasteiger partial charge in [-0.2, -0.15) is 0 Å². The van der Waals surface area contributed by atoms with E-state index in [2.05, 4.69) is 10.2 Å². The van der Waals surface area contributed by atoms with Crippen LogP contribution in [0.2, 0.25) is 0 Å². The summed E-state index contributed by atoms with van der Waals surface area (Å²) < 4.78 is 0. The van der Waals surface area contributed by atoms with Gasteiger partial charge in [0.05, 0.1) is 22.2 Å². The molecule has 1 aliphatic heterocycles. The lowest BCUT2D eigenvalue weighted by Gasteiger charge is -2.37. The van der Waals surface area contributed by atoms with Gasteiger partial charge in [0.2, 0.25) is 5.91 Å². The van der Waals surface area contributed by atoms with Crippen LogP contribution in [0.25, 0.3) is 0 Å². The predicted molar refractivity (Wildman–Crippen MR) is 122 cm³/mol. The third-order valence-electron chi connectivity index (χ3n) is 5.98. The van der Waals surface area contributed by atoms with E-state index in [1.165, 1.54) is 11.3 Å². The standard InChI is InChI=1S/C23H28N4O3S/c1-16(21(28)24-17-9-10-17)26-11-13-27(14-12-26)22(29)18-6-3-4-7-19(18)25(2)23(30)20-8-5-15-31-20/h3-8,15-17H,9-14H2,1-2H3,(H,24,28). The van der Waals surface area contributed by atoms with Crippen LogP contribution in [0.15, 0.2) is 41.8 Å². The molecule has 1 unspecified atom stereocenters. The van der Waals surface area contributed by atoms with Crippen molar-refractivity contribution in [3.8, 4) is 0 Å². The number of nitrogens with one attached hydrogen (secondary N) is 1. The van der Waals surface area contributed by atoms with Crippen LogP contribution in [0, 0.1) is 0 Å². The highest BCUT2D eigenvalue weighted by Gasteiger charge is 2.32. The molecule has 1 N–H and O–H groups in total. The van der Waals surface area contributed by atoms with Gasteiger partial charge in [-0.1, -0.05) is 18.2 Å². The number of thiophene rings is 1. The topological polar surface area (TPSA) is 73.0 Å². The van der Waals surface area contributed by atoms with Crippen LogP contribution in [-0.2, 0) is 4.79 Å². The smallest absolute Gasteiger partial charge is 0.268 e. The number of piperazine rings is 1. The highest BCUT2D eigenvalue weighted by molar-refractivity contribution is 7.12. The Morgan fingerprint density at radius 2 is 1.77 bits per heavy atom. The summed E-state index contributed by atoms with van der Waals surface area (Å²) in [4.78, 5) is 44.5. The number of hydrogen-bond donors (Lipinski definition) is 1. The Balaban J connectivity index is 1.41. The Labute approximate surface area is 186 Å². The summed E-state index contributed by atoms with van der Waals surface area (Å²) in [6.07, 6.45) is 2.15. The molecule has 1 aromatic carbocycles. The van der Waals surface area contributed by atoms with E-state index in [1.807, 2.05) is 35.4 Å². The van der Waals surface area contributed by atoms with Crippen molar-refractivity contribution in [1.29, 1.82) is 0 Å². The van der Waals surface area contributed by atoms with Crippen LogP contribution in [0.3, 0.4) is 0 Å². The summed E-state index contributed by atoms with van der Waals surface area (Å²) in [5.41, 5.74) is 1.12. The fraction of sp³-hybridized carbons (Fsp3) is 0.435. The van der Waals surface area contributed by atoms with E-state index in [1.54, 1.807) is 30.1 Å². The molecule has 31 heavy (non-hydrogen) atoms. The molecule has 1 saturated carbocycles. The van der Waals surface area contributed by atoms with Crippen LogP contribution < -0.4 is 10.2 Å². The maximum Gasteiger partial charge on any atom is 0.268 e. The fourth-order valence-corrected chi connectivity index (χ4v) is 4.52. The first-order valence-corrected chi connectivity index (χ1v) is 11.6. The first-order valence-electron chi connectivity index (χ1n) is 10.7. The quantitative estimate of drug-likeness (QED) is 0.749. The third-order valence-corrected chi connectivity index (χ3v) is 6.84. The minimum Gasteiger partial charge on any atom is -0.352 e. The lowest BCUT2D eigenvalue weighted by atomic mass is 10.1. The van der Waals surface area contributed by atoms with Crippen LogP contribution in [0.4, 0.5) is 5.69 Å². The molecule has 7 nitrogen and oxygen atoms in total. The normalized spacial score (nSPS) is 17.8. The lowest BCUT2D eigenvalue weighted by molar-refractivity contribution is -0.126. The van der Waals surface area contributed by atoms with Gasteiger partial charge in [-0.15, -0.1) is 11.3 Å². The van der Waals surface area contributed by atoms with Crippen molar-refractivity contribution in [3.63, 3.8) is 0 Å². The van der Waals surface area contributed by atoms with E-state index >= 15 is 0 Å². The molecule has 1 saturated heterocycles. The second-order valence-corrected chi connectivity index (χ2v) is 9.09. The molecule has 0 bridgehead atoms. The molecule has 4 rings (SSSR count). The molecular weight excluding hydrogens is 412 g/mol. The van der Waals surface area contributed by atoms with Gasteiger partial charge in [-0.05, 0) is 43.3 Å². The van der Waals surface area contributed by atoms with Crippen LogP contribution in [-0.4, -0.2) is 72.8 Å². The first kappa shape index (κ1) is 21.5. The molecule has 1 aliphatic carbocycles. The van der Waals surface area contributed by atoms with Gasteiger partial charge in [0.15, 0.2) is 0 Å². The molecule has 0 radical (unpaired) electrons. The van der Waals surface area contributed by atoms with Gasteiger partial charge in [0.1, 0.15) is 0 Å². The van der Waals surface area contributed by atoms with Gasteiger partial charge < -0.3 is 15.1 Å². The Hall–Kier alpha value is -2.71. The molecule has 3 amide bonds. The van der Waals surface area contributed by atoms with Crippen molar-refractivity contribution in [2.75, 3.05) is 38.1 Å². The van der Waals surface area contributed by atoms with Crippen molar-refractivity contribution in [3.05, 3.63) is 52.2 Å². The SMILES string of the molecule is CC(C(=O)NC1CC1)N1CCN(C(=O)c2ccccc2N(C)C(=O)c2cccs2)CC1. The monoisotopic (exact) mass is 440 g/mol. The average Bonchev–Trinajstić information content (AvgIpc) is 3.45. The first-order chi connectivity index (χ1) is 15.0. The fourth-order valence-electron chi connectivity index (χ4n) is 3.82. The summed E-state index contributed by atoms with van der Waals surface area (Å²) in [6.45, 7) is 4.33. The van der Waals surface area contributed by atoms with Crippen LogP contribution >= 0.6 is 11.3 Å². The zero-order chi connectivity index (χ0) is 22.0. The van der Waals surface area contributed by atoms with E-state index in [0.717, 1.165) is 12.8 Å². The average molecular weight is 441 g/mol. The number of carbonyl (C=O) groups excluding carboxylic acids is 3. The molecule has 2 fully saturated rings. The Kier molecular flexibility index (Phi) is 6.38. The van der Waals surface area contributed by atoms with Crippen molar-refractivity contribution in [2.24, 2.45) is 0 Å². The maximum absolute atomic E-state index is 13.3. The summed E-state index contributed by atoms with van der Waals surface area (Å²) >= 11 is 1.38. The minimum atomic E-state index is -0.195. The summed E-state index contributed by atoms with van der Waals surface area (Å²) in [5, 5.41) is 4.92. The highest BCUT2D eigenvalue weighted by Crippen LogP contribution is 2.25. The number of benzene rings is 1. The molecule has 1 atom stereocenters. The minimum absolute atomic E-state index is 0.0707. The second kappa shape index (κ2) is 9.20. The van der Waals surface area contributed by atoms with Crippen molar-refractivity contribution >= 4 is 34.7 Å². The predicted octanol–water partition coefficient (Wildman–Crippen LogP) is 2.45. The number of para-hydroxylation sites is 1. The molecule has 1 aromatic heterocycles. The number of nitrogens with zero attached hydrogens (tertiary/aromatic N) is 3. The Bertz CT molecular complexity index is 949. The summed E-state index contributed by atoms with van der Waals surface area (Å²) in [6, 6.07) is 11.0. The van der Waals surface area contributed by atoms with Crippen molar-refractivity contribution in [2.45, 2.75) is 31.8 Å². The number of anilines is 1. The van der Waals surface area contributed by atoms with Crippen molar-refractivity contribution < 1.29 is 14.4 Å². The van der Waals surface area contributed by atoms with Crippen molar-refractivity contribution in [1.82, 2.24) is 15.1 Å². The molecular formula is C23H28N4O3S. The van der Waals surface area contributed by atoms with Crippen LogP contribution in [0.5, 0.6) is 0 Å². The number of rotatable bonds is 6. The third kappa shape index (κ3) is 4.80. The zero-order valence-electron chi connectivity index (χ0n) is 17.9. The molecule has 2 aliphatic rings. The number of hydrogen-bond acceptors (Lipinski definition) is 5. The summed E-state index contributed by atoms with van der Waals surface area (Å²) in [5.74, 6) is -0.145. The zero-order valence-corrected chi connectivity index (χ0v) is 18.7. The highest BCUT2D eigenvalue weighted by atomic mass is 32.1. The summed E-state index contributed by atoms with van der Waals surface area (Å²) in [7, 11) is 1.70. The second-order valence-electron chi connectivity index (χ2n) is 8.15. The van der Waals surface area contributed by atoms with Gasteiger partial charge in [0, 0.05) is 39.3 Å². The Morgan fingerprint density at radius 1 is 1.06 bits per heavy atom. The number of carbonyl (C=O) groups is 3. The molecule has 8 heteroatoms. The largest absolute Gasteiger partial charge is 0.352 e.